The van der Waals surface area contributed by atoms with Crippen molar-refractivity contribution in [2.45, 2.75) is 6.61 Å². The van der Waals surface area contributed by atoms with Crippen LogP contribution < -0.4 is 10.6 Å². The molecule has 2 heterocycles. The molecular formula is C14H15N5O2. The molecule has 0 unspecified atom stereocenters. The molecular weight excluding hydrogens is 270 g/mol. The number of rotatable bonds is 5. The van der Waals surface area contributed by atoms with Crippen molar-refractivity contribution in [3.8, 4) is 11.4 Å². The third-order valence-corrected chi connectivity index (χ3v) is 3.02. The molecule has 1 aliphatic heterocycles. The highest BCUT2D eigenvalue weighted by Crippen LogP contribution is 2.19. The van der Waals surface area contributed by atoms with E-state index in [-0.39, 0.29) is 5.91 Å². The molecule has 1 aromatic heterocycles. The molecule has 0 radical (unpaired) electrons. The summed E-state index contributed by atoms with van der Waals surface area (Å²) in [6.07, 6.45) is 1.56. The molecule has 3 N–H and O–H groups in total. The molecule has 0 bridgehead atoms. The van der Waals surface area contributed by atoms with Gasteiger partial charge in [0.1, 0.15) is 6.61 Å². The average molecular weight is 285 g/mol. The van der Waals surface area contributed by atoms with E-state index in [0.29, 0.717) is 24.8 Å². The number of methoxy groups -OCH3 is 1. The predicted octanol–water partition coefficient (Wildman–Crippen LogP) is 1.04. The van der Waals surface area contributed by atoms with E-state index in [1.54, 1.807) is 13.2 Å². The van der Waals surface area contributed by atoms with Gasteiger partial charge in [-0.05, 0) is 24.3 Å². The fourth-order valence-corrected chi connectivity index (χ4v) is 2.04. The molecule has 0 aliphatic carbocycles. The van der Waals surface area contributed by atoms with E-state index in [4.69, 9.17) is 4.74 Å². The molecule has 3 rings (SSSR count). The maximum absolute atomic E-state index is 11.1. The van der Waals surface area contributed by atoms with Crippen molar-refractivity contribution in [1.29, 1.82) is 0 Å². The molecule has 2 aromatic rings. The molecule has 0 fully saturated rings. The van der Waals surface area contributed by atoms with E-state index in [2.05, 4.69) is 25.8 Å². The minimum atomic E-state index is -0.0690. The van der Waals surface area contributed by atoms with Crippen molar-refractivity contribution >= 4 is 11.6 Å². The van der Waals surface area contributed by atoms with E-state index in [9.17, 15) is 4.79 Å². The van der Waals surface area contributed by atoms with Gasteiger partial charge in [0.15, 0.2) is 11.6 Å². The first-order valence-electron chi connectivity index (χ1n) is 6.50. The van der Waals surface area contributed by atoms with E-state index >= 15 is 0 Å². The van der Waals surface area contributed by atoms with Crippen molar-refractivity contribution in [3.63, 3.8) is 0 Å². The Bertz CT molecular complexity index is 675. The average Bonchev–Trinajstić information content (AvgIpc) is 3.10. The van der Waals surface area contributed by atoms with E-state index < -0.39 is 0 Å². The standard InChI is InChI=1S/C14H15N5O2/c1-21-8-12-17-14(19-18-12)9-2-4-10(5-3-9)16-11-6-13(20)15-7-11/h2-6,16H,7-8H2,1H3,(H,15,20)(H,17,18,19). The Labute approximate surface area is 121 Å². The van der Waals surface area contributed by atoms with Gasteiger partial charge < -0.3 is 15.4 Å². The van der Waals surface area contributed by atoms with Gasteiger partial charge in [-0.1, -0.05) is 0 Å². The van der Waals surface area contributed by atoms with Gasteiger partial charge in [0.2, 0.25) is 5.91 Å². The third-order valence-electron chi connectivity index (χ3n) is 3.02. The number of carbonyl (C=O) groups is 1. The Morgan fingerprint density at radius 1 is 1.33 bits per heavy atom. The maximum Gasteiger partial charge on any atom is 0.246 e. The van der Waals surface area contributed by atoms with Crippen LogP contribution in [0.4, 0.5) is 5.69 Å². The van der Waals surface area contributed by atoms with Crippen LogP contribution in [0.2, 0.25) is 0 Å². The summed E-state index contributed by atoms with van der Waals surface area (Å²) in [5.41, 5.74) is 2.68. The van der Waals surface area contributed by atoms with Crippen molar-refractivity contribution in [3.05, 3.63) is 41.9 Å². The van der Waals surface area contributed by atoms with Gasteiger partial charge in [0.25, 0.3) is 0 Å². The summed E-state index contributed by atoms with van der Waals surface area (Å²) < 4.78 is 5.00. The highest BCUT2D eigenvalue weighted by molar-refractivity contribution is 5.91. The van der Waals surface area contributed by atoms with E-state index in [1.165, 1.54) is 0 Å². The van der Waals surface area contributed by atoms with Crippen molar-refractivity contribution in [1.82, 2.24) is 20.5 Å². The summed E-state index contributed by atoms with van der Waals surface area (Å²) in [7, 11) is 1.61. The van der Waals surface area contributed by atoms with Crippen LogP contribution in [0.1, 0.15) is 5.82 Å². The molecule has 0 spiro atoms. The first kappa shape index (κ1) is 13.3. The van der Waals surface area contributed by atoms with Gasteiger partial charge in [-0.15, -0.1) is 0 Å². The number of hydrogen-bond acceptors (Lipinski definition) is 5. The summed E-state index contributed by atoms with van der Waals surface area (Å²) in [4.78, 5) is 15.4. The Morgan fingerprint density at radius 3 is 2.81 bits per heavy atom. The predicted molar refractivity (Wildman–Crippen MR) is 77.2 cm³/mol. The fourth-order valence-electron chi connectivity index (χ4n) is 2.04. The topological polar surface area (TPSA) is 91.9 Å². The lowest BCUT2D eigenvalue weighted by Gasteiger charge is -2.06. The van der Waals surface area contributed by atoms with Gasteiger partial charge in [0.05, 0.1) is 6.54 Å². The smallest absolute Gasteiger partial charge is 0.246 e. The summed E-state index contributed by atoms with van der Waals surface area (Å²) in [6, 6.07) is 7.69. The molecule has 0 saturated carbocycles. The molecule has 1 aromatic carbocycles. The van der Waals surface area contributed by atoms with Crippen LogP contribution in [0.25, 0.3) is 11.4 Å². The Hall–Kier alpha value is -2.67. The number of hydrogen-bond donors (Lipinski definition) is 3. The zero-order valence-electron chi connectivity index (χ0n) is 11.5. The zero-order valence-corrected chi connectivity index (χ0v) is 11.5. The molecule has 1 aliphatic rings. The van der Waals surface area contributed by atoms with E-state index in [1.807, 2.05) is 24.3 Å². The number of aromatic nitrogens is 3. The fraction of sp³-hybridized carbons (Fsp3) is 0.214. The number of anilines is 1. The zero-order chi connectivity index (χ0) is 14.7. The van der Waals surface area contributed by atoms with Crippen molar-refractivity contribution in [2.75, 3.05) is 19.0 Å². The minimum Gasteiger partial charge on any atom is -0.377 e. The highest BCUT2D eigenvalue weighted by Gasteiger charge is 2.11. The van der Waals surface area contributed by atoms with Crippen molar-refractivity contribution < 1.29 is 9.53 Å². The van der Waals surface area contributed by atoms with Crippen LogP contribution in [-0.4, -0.2) is 34.7 Å². The van der Waals surface area contributed by atoms with Crippen molar-refractivity contribution in [2.24, 2.45) is 0 Å². The van der Waals surface area contributed by atoms with Crippen LogP contribution in [-0.2, 0) is 16.1 Å². The van der Waals surface area contributed by atoms with Crippen LogP contribution in [0.3, 0.4) is 0 Å². The third kappa shape index (κ3) is 3.09. The molecule has 1 amide bonds. The summed E-state index contributed by atoms with van der Waals surface area (Å²) in [5, 5.41) is 12.9. The highest BCUT2D eigenvalue weighted by atomic mass is 16.5. The van der Waals surface area contributed by atoms with E-state index in [0.717, 1.165) is 16.9 Å². The molecule has 0 atom stereocenters. The normalized spacial score (nSPS) is 14.0. The number of nitrogens with zero attached hydrogens (tertiary/aromatic N) is 2. The second kappa shape index (κ2) is 5.76. The molecule has 7 nitrogen and oxygen atoms in total. The number of ether oxygens (including phenoxy) is 1. The summed E-state index contributed by atoms with van der Waals surface area (Å²) >= 11 is 0. The number of nitrogens with one attached hydrogen (secondary N) is 3. The summed E-state index contributed by atoms with van der Waals surface area (Å²) in [6.45, 7) is 0.934. The first-order chi connectivity index (χ1) is 10.2. The molecule has 21 heavy (non-hydrogen) atoms. The maximum atomic E-state index is 11.1. The van der Waals surface area contributed by atoms with Gasteiger partial charge in [-0.25, -0.2) is 4.98 Å². The molecule has 108 valence electrons. The number of benzene rings is 1. The van der Waals surface area contributed by atoms with Crippen LogP contribution in [0, 0.1) is 0 Å². The van der Waals surface area contributed by atoms with Crippen LogP contribution >= 0.6 is 0 Å². The van der Waals surface area contributed by atoms with Gasteiger partial charge in [-0.3, -0.25) is 9.89 Å². The second-order valence-corrected chi connectivity index (χ2v) is 4.63. The van der Waals surface area contributed by atoms with Gasteiger partial charge >= 0.3 is 0 Å². The Balaban J connectivity index is 1.71. The number of aromatic amines is 1. The lowest BCUT2D eigenvalue weighted by atomic mass is 10.2. The Kier molecular flexibility index (Phi) is 3.65. The monoisotopic (exact) mass is 285 g/mol. The number of H-pyrrole nitrogens is 1. The lowest BCUT2D eigenvalue weighted by Crippen LogP contribution is -2.16. The quantitative estimate of drug-likeness (QED) is 0.763. The molecule has 7 heteroatoms. The van der Waals surface area contributed by atoms with Gasteiger partial charge in [-0.2, -0.15) is 5.10 Å². The minimum absolute atomic E-state index is 0.0690. The number of amides is 1. The second-order valence-electron chi connectivity index (χ2n) is 4.63. The summed E-state index contributed by atoms with van der Waals surface area (Å²) in [5.74, 6) is 1.25. The van der Waals surface area contributed by atoms with Crippen LogP contribution in [0.5, 0.6) is 0 Å². The Morgan fingerprint density at radius 2 is 2.14 bits per heavy atom. The largest absolute Gasteiger partial charge is 0.377 e. The lowest BCUT2D eigenvalue weighted by molar-refractivity contribution is -0.115. The SMILES string of the molecule is COCc1nc(-c2ccc(NC3=CC(=O)NC3)cc2)n[nH]1. The number of carbonyl (C=O) groups excluding carboxylic acids is 1. The molecule has 0 saturated heterocycles. The van der Waals surface area contributed by atoms with Gasteiger partial charge in [0, 0.05) is 30.1 Å². The first-order valence-corrected chi connectivity index (χ1v) is 6.50. The van der Waals surface area contributed by atoms with Crippen LogP contribution in [0.15, 0.2) is 36.0 Å².